The van der Waals surface area contributed by atoms with Gasteiger partial charge in [0.2, 0.25) is 0 Å². The zero-order valence-electron chi connectivity index (χ0n) is 16.7. The quantitative estimate of drug-likeness (QED) is 0.814. The summed E-state index contributed by atoms with van der Waals surface area (Å²) in [4.78, 5) is 17.6. The number of carbonyl (C=O) groups excluding carboxylic acids is 1. The van der Waals surface area contributed by atoms with Crippen LogP contribution in [-0.2, 0) is 6.42 Å². The maximum absolute atomic E-state index is 13.1. The van der Waals surface area contributed by atoms with E-state index in [1.807, 2.05) is 17.0 Å². The van der Waals surface area contributed by atoms with Gasteiger partial charge in [-0.05, 0) is 70.2 Å². The van der Waals surface area contributed by atoms with Crippen LogP contribution in [0, 0.1) is 5.92 Å². The molecule has 2 heterocycles. The van der Waals surface area contributed by atoms with Crippen LogP contribution in [0.15, 0.2) is 24.3 Å². The third-order valence-corrected chi connectivity index (χ3v) is 5.78. The van der Waals surface area contributed by atoms with E-state index in [9.17, 15) is 4.79 Å². The number of hydrogen-bond acceptors (Lipinski definition) is 3. The van der Waals surface area contributed by atoms with Gasteiger partial charge in [-0.2, -0.15) is 0 Å². The van der Waals surface area contributed by atoms with Crippen molar-refractivity contribution in [3.05, 3.63) is 35.4 Å². The van der Waals surface area contributed by atoms with Gasteiger partial charge in [0.15, 0.2) is 0 Å². The maximum atomic E-state index is 13.1. The van der Waals surface area contributed by atoms with Crippen LogP contribution < -0.4 is 5.32 Å². The molecule has 1 aromatic rings. The topological polar surface area (TPSA) is 35.6 Å². The Morgan fingerprint density at radius 3 is 2.48 bits per heavy atom. The number of halogens is 2. The van der Waals surface area contributed by atoms with Crippen molar-refractivity contribution in [3.8, 4) is 0 Å². The minimum atomic E-state index is 0. The Labute approximate surface area is 176 Å². The molecule has 2 aliphatic heterocycles. The van der Waals surface area contributed by atoms with Gasteiger partial charge in [0.1, 0.15) is 0 Å². The van der Waals surface area contributed by atoms with Crippen molar-refractivity contribution >= 4 is 30.7 Å². The van der Waals surface area contributed by atoms with E-state index >= 15 is 0 Å². The molecule has 2 saturated heterocycles. The first-order valence-electron chi connectivity index (χ1n) is 9.97. The van der Waals surface area contributed by atoms with Gasteiger partial charge in [-0.15, -0.1) is 24.8 Å². The summed E-state index contributed by atoms with van der Waals surface area (Å²) in [6.07, 6.45) is 4.77. The number of nitrogens with zero attached hydrogens (tertiary/aromatic N) is 2. The second kappa shape index (κ2) is 11.9. The number of piperazine rings is 1. The van der Waals surface area contributed by atoms with E-state index in [0.717, 1.165) is 51.3 Å². The monoisotopic (exact) mass is 415 g/mol. The second-order valence-electron chi connectivity index (χ2n) is 7.83. The zero-order valence-corrected chi connectivity index (χ0v) is 18.3. The van der Waals surface area contributed by atoms with Crippen LogP contribution >= 0.6 is 24.8 Å². The molecule has 1 atom stereocenters. The number of rotatable bonds is 4. The van der Waals surface area contributed by atoms with E-state index in [2.05, 4.69) is 36.2 Å². The first-order valence-corrected chi connectivity index (χ1v) is 9.97. The molecular formula is C21H35Cl2N3O. The standard InChI is InChI=1S/C21H33N3O.2ClH/c1-17(2)23-12-14-24(15-13-23)21(25)20-8-4-3-7-19(20)16-18-6-5-10-22-11-9-18;;/h3-4,7-8,17-18,22H,5-6,9-16H2,1-2H3;2*1H. The van der Waals surface area contributed by atoms with Crippen LogP contribution in [0.25, 0.3) is 0 Å². The van der Waals surface area contributed by atoms with Crippen molar-refractivity contribution in [2.45, 2.75) is 45.6 Å². The zero-order chi connectivity index (χ0) is 17.6. The molecule has 1 N–H and O–H groups in total. The lowest BCUT2D eigenvalue weighted by Crippen LogP contribution is -2.50. The molecule has 6 heteroatoms. The molecule has 154 valence electrons. The molecule has 0 aromatic heterocycles. The van der Waals surface area contributed by atoms with E-state index < -0.39 is 0 Å². The van der Waals surface area contributed by atoms with Gasteiger partial charge in [0.05, 0.1) is 0 Å². The Morgan fingerprint density at radius 2 is 1.78 bits per heavy atom. The highest BCUT2D eigenvalue weighted by Crippen LogP contribution is 2.23. The number of amides is 1. The summed E-state index contributed by atoms with van der Waals surface area (Å²) in [5.74, 6) is 0.924. The van der Waals surface area contributed by atoms with Crippen LogP contribution in [0.4, 0.5) is 0 Å². The SMILES string of the molecule is CC(C)N1CCN(C(=O)c2ccccc2CC2CCCNCC2)CC1.Cl.Cl. The Bertz CT molecular complexity index is 566. The molecule has 3 rings (SSSR count). The van der Waals surface area contributed by atoms with Gasteiger partial charge < -0.3 is 10.2 Å². The Kier molecular flexibility index (Phi) is 10.7. The summed E-state index contributed by atoms with van der Waals surface area (Å²) in [7, 11) is 0. The molecule has 2 fully saturated rings. The highest BCUT2D eigenvalue weighted by molar-refractivity contribution is 5.95. The molecule has 0 bridgehead atoms. The molecule has 1 unspecified atom stereocenters. The largest absolute Gasteiger partial charge is 0.336 e. The van der Waals surface area contributed by atoms with E-state index in [-0.39, 0.29) is 30.7 Å². The van der Waals surface area contributed by atoms with Crippen molar-refractivity contribution < 1.29 is 4.79 Å². The summed E-state index contributed by atoms with van der Waals surface area (Å²) < 4.78 is 0. The first-order chi connectivity index (χ1) is 12.1. The van der Waals surface area contributed by atoms with Crippen LogP contribution in [0.2, 0.25) is 0 Å². The van der Waals surface area contributed by atoms with E-state index in [1.165, 1.54) is 24.8 Å². The highest BCUT2D eigenvalue weighted by Gasteiger charge is 2.25. The lowest BCUT2D eigenvalue weighted by atomic mass is 9.90. The molecule has 0 spiro atoms. The van der Waals surface area contributed by atoms with Gasteiger partial charge in [-0.3, -0.25) is 9.69 Å². The fraction of sp³-hybridized carbons (Fsp3) is 0.667. The summed E-state index contributed by atoms with van der Waals surface area (Å²) >= 11 is 0. The van der Waals surface area contributed by atoms with Gasteiger partial charge in [0.25, 0.3) is 5.91 Å². The Hall–Kier alpha value is -0.810. The molecule has 0 radical (unpaired) electrons. The summed E-state index contributed by atoms with van der Waals surface area (Å²) in [5.41, 5.74) is 2.17. The van der Waals surface area contributed by atoms with Gasteiger partial charge in [-0.1, -0.05) is 18.2 Å². The summed E-state index contributed by atoms with van der Waals surface area (Å²) in [6.45, 7) is 10.4. The van der Waals surface area contributed by atoms with Crippen molar-refractivity contribution in [2.75, 3.05) is 39.3 Å². The van der Waals surface area contributed by atoms with E-state index in [0.29, 0.717) is 12.0 Å². The molecule has 0 saturated carbocycles. The third-order valence-electron chi connectivity index (χ3n) is 5.78. The molecule has 2 aliphatic rings. The third kappa shape index (κ3) is 6.63. The average molecular weight is 416 g/mol. The van der Waals surface area contributed by atoms with Crippen LogP contribution in [0.5, 0.6) is 0 Å². The highest BCUT2D eigenvalue weighted by atomic mass is 35.5. The number of benzene rings is 1. The molecule has 27 heavy (non-hydrogen) atoms. The van der Waals surface area contributed by atoms with Crippen LogP contribution in [-0.4, -0.2) is 61.0 Å². The molecule has 1 amide bonds. The van der Waals surface area contributed by atoms with Gasteiger partial charge in [0, 0.05) is 37.8 Å². The number of carbonyl (C=O) groups is 1. The van der Waals surface area contributed by atoms with Crippen LogP contribution in [0.3, 0.4) is 0 Å². The number of hydrogen-bond donors (Lipinski definition) is 1. The molecule has 1 aromatic carbocycles. The molecule has 0 aliphatic carbocycles. The van der Waals surface area contributed by atoms with Crippen LogP contribution in [0.1, 0.15) is 49.0 Å². The molecule has 4 nitrogen and oxygen atoms in total. The van der Waals surface area contributed by atoms with Crippen molar-refractivity contribution in [3.63, 3.8) is 0 Å². The van der Waals surface area contributed by atoms with Crippen molar-refractivity contribution in [2.24, 2.45) is 5.92 Å². The minimum Gasteiger partial charge on any atom is -0.336 e. The lowest BCUT2D eigenvalue weighted by Gasteiger charge is -2.37. The summed E-state index contributed by atoms with van der Waals surface area (Å²) in [6, 6.07) is 8.85. The second-order valence-corrected chi connectivity index (χ2v) is 7.83. The van der Waals surface area contributed by atoms with Crippen molar-refractivity contribution in [1.82, 2.24) is 15.1 Å². The fourth-order valence-electron chi connectivity index (χ4n) is 4.13. The van der Waals surface area contributed by atoms with E-state index in [4.69, 9.17) is 0 Å². The number of nitrogens with one attached hydrogen (secondary N) is 1. The Balaban J connectivity index is 0.00000182. The van der Waals surface area contributed by atoms with Gasteiger partial charge in [-0.25, -0.2) is 0 Å². The predicted octanol–water partition coefficient (Wildman–Crippen LogP) is 3.63. The maximum Gasteiger partial charge on any atom is 0.254 e. The average Bonchev–Trinajstić information content (AvgIpc) is 2.90. The van der Waals surface area contributed by atoms with E-state index in [1.54, 1.807) is 0 Å². The summed E-state index contributed by atoms with van der Waals surface area (Å²) in [5, 5.41) is 3.49. The Morgan fingerprint density at radius 1 is 1.07 bits per heavy atom. The smallest absolute Gasteiger partial charge is 0.254 e. The first kappa shape index (κ1) is 24.2. The lowest BCUT2D eigenvalue weighted by molar-refractivity contribution is 0.0594. The predicted molar refractivity (Wildman–Crippen MR) is 117 cm³/mol. The van der Waals surface area contributed by atoms with Crippen molar-refractivity contribution in [1.29, 1.82) is 0 Å². The normalized spacial score (nSPS) is 21.1. The fourth-order valence-corrected chi connectivity index (χ4v) is 4.13. The minimum absolute atomic E-state index is 0. The van der Waals surface area contributed by atoms with Gasteiger partial charge >= 0.3 is 0 Å². The molecular weight excluding hydrogens is 381 g/mol.